The molecule has 140 valence electrons. The van der Waals surface area contributed by atoms with Gasteiger partial charge in [-0.25, -0.2) is 9.59 Å². The van der Waals surface area contributed by atoms with E-state index in [4.69, 9.17) is 9.47 Å². The lowest BCUT2D eigenvalue weighted by Gasteiger charge is -2.45. The van der Waals surface area contributed by atoms with E-state index in [1.54, 1.807) is 23.1 Å². The van der Waals surface area contributed by atoms with Crippen LogP contribution in [0.4, 0.5) is 16.2 Å². The van der Waals surface area contributed by atoms with Crippen molar-refractivity contribution in [1.82, 2.24) is 4.90 Å². The zero-order chi connectivity index (χ0) is 19.1. The molecule has 0 bridgehead atoms. The van der Waals surface area contributed by atoms with Crippen molar-refractivity contribution < 1.29 is 23.9 Å². The van der Waals surface area contributed by atoms with Crippen LogP contribution in [0.3, 0.4) is 0 Å². The average Bonchev–Trinajstić information content (AvgIpc) is 2.59. The summed E-state index contributed by atoms with van der Waals surface area (Å²) in [6.07, 6.45) is -0.420. The predicted molar refractivity (Wildman–Crippen MR) is 95.4 cm³/mol. The fourth-order valence-corrected chi connectivity index (χ4v) is 3.14. The number of nitrogens with one attached hydrogen (secondary N) is 1. The molecule has 0 spiro atoms. The fourth-order valence-electron chi connectivity index (χ4n) is 3.14. The van der Waals surface area contributed by atoms with Crippen molar-refractivity contribution in [2.24, 2.45) is 0 Å². The first-order valence-corrected chi connectivity index (χ1v) is 8.47. The van der Waals surface area contributed by atoms with Crippen molar-refractivity contribution in [3.8, 4) is 0 Å². The minimum atomic E-state index is -0.583. The van der Waals surface area contributed by atoms with Crippen LogP contribution in [0.15, 0.2) is 18.2 Å². The van der Waals surface area contributed by atoms with Gasteiger partial charge in [-0.2, -0.15) is 0 Å². The summed E-state index contributed by atoms with van der Waals surface area (Å²) in [6.45, 7) is 6.63. The highest BCUT2D eigenvalue weighted by atomic mass is 16.6. The van der Waals surface area contributed by atoms with Crippen molar-refractivity contribution in [1.29, 1.82) is 0 Å². The highest BCUT2D eigenvalue weighted by molar-refractivity contribution is 6.05. The molecule has 8 nitrogen and oxygen atoms in total. The van der Waals surface area contributed by atoms with Gasteiger partial charge in [-0.1, -0.05) is 0 Å². The quantitative estimate of drug-likeness (QED) is 0.768. The number of hydrogen-bond donors (Lipinski definition) is 1. The number of amides is 2. The van der Waals surface area contributed by atoms with E-state index in [0.29, 0.717) is 24.3 Å². The zero-order valence-corrected chi connectivity index (χ0v) is 15.4. The van der Waals surface area contributed by atoms with Crippen molar-refractivity contribution in [2.45, 2.75) is 32.4 Å². The molecule has 0 radical (unpaired) electrons. The van der Waals surface area contributed by atoms with Crippen molar-refractivity contribution in [3.05, 3.63) is 23.8 Å². The summed E-state index contributed by atoms with van der Waals surface area (Å²) in [5, 5.41) is 2.82. The molecule has 1 fully saturated rings. The molecule has 1 atom stereocenters. The van der Waals surface area contributed by atoms with Crippen molar-refractivity contribution in [2.75, 3.05) is 37.0 Å². The second-order valence-electron chi connectivity index (χ2n) is 7.35. The molecule has 0 aliphatic carbocycles. The SMILES string of the molecule is COC(=O)c1ccc2c(c1)NC(=O)C1CN(C(=O)OC(C)(C)C)CCN21. The van der Waals surface area contributed by atoms with E-state index in [9.17, 15) is 14.4 Å². The fraction of sp³-hybridized carbons (Fsp3) is 0.500. The lowest BCUT2D eigenvalue weighted by molar-refractivity contribution is -0.118. The van der Waals surface area contributed by atoms with Gasteiger partial charge in [0.15, 0.2) is 0 Å². The lowest BCUT2D eigenvalue weighted by atomic mass is 10.0. The molecule has 0 aromatic heterocycles. The van der Waals surface area contributed by atoms with E-state index in [-0.39, 0.29) is 12.5 Å². The molecule has 0 saturated carbocycles. The third kappa shape index (κ3) is 3.44. The van der Waals surface area contributed by atoms with Crippen LogP contribution in [0.2, 0.25) is 0 Å². The third-order valence-corrected chi connectivity index (χ3v) is 4.32. The maximum atomic E-state index is 12.5. The number of ether oxygens (including phenoxy) is 2. The van der Waals surface area contributed by atoms with Crippen molar-refractivity contribution >= 4 is 29.3 Å². The van der Waals surface area contributed by atoms with Gasteiger partial charge in [0.25, 0.3) is 0 Å². The molecule has 26 heavy (non-hydrogen) atoms. The van der Waals surface area contributed by atoms with E-state index in [2.05, 4.69) is 5.32 Å². The Morgan fingerprint density at radius 3 is 2.62 bits per heavy atom. The Kier molecular flexibility index (Phi) is 4.52. The zero-order valence-electron chi connectivity index (χ0n) is 15.4. The van der Waals surface area contributed by atoms with Crippen LogP contribution in [-0.4, -0.2) is 61.3 Å². The Hall–Kier alpha value is -2.77. The summed E-state index contributed by atoms with van der Waals surface area (Å²) in [6, 6.07) is 4.57. The maximum absolute atomic E-state index is 12.5. The molecular formula is C18H23N3O5. The molecule has 1 saturated heterocycles. The third-order valence-electron chi connectivity index (χ3n) is 4.32. The smallest absolute Gasteiger partial charge is 0.410 e. The topological polar surface area (TPSA) is 88.2 Å². The van der Waals surface area contributed by atoms with Gasteiger partial charge in [-0.05, 0) is 39.0 Å². The number of rotatable bonds is 1. The molecule has 1 unspecified atom stereocenters. The van der Waals surface area contributed by atoms with Crippen LogP contribution in [0.1, 0.15) is 31.1 Å². The van der Waals surface area contributed by atoms with Gasteiger partial charge in [-0.3, -0.25) is 4.79 Å². The normalized spacial score (nSPS) is 19.2. The largest absolute Gasteiger partial charge is 0.465 e. The number of hydrogen-bond acceptors (Lipinski definition) is 6. The Bertz CT molecular complexity index is 756. The first-order chi connectivity index (χ1) is 12.2. The summed E-state index contributed by atoms with van der Waals surface area (Å²) >= 11 is 0. The molecule has 2 amide bonds. The monoisotopic (exact) mass is 361 g/mol. The standard InChI is InChI=1S/C18H23N3O5/c1-18(2,3)26-17(24)20-7-8-21-13-6-5-11(16(23)25-4)9-12(13)19-15(22)14(21)10-20/h5-6,9,14H,7-8,10H2,1-4H3,(H,19,22). The Balaban J connectivity index is 1.80. The lowest BCUT2D eigenvalue weighted by Crippen LogP contribution is -2.61. The molecule has 3 rings (SSSR count). The predicted octanol–water partition coefficient (Wildman–Crippen LogP) is 1.85. The van der Waals surface area contributed by atoms with E-state index >= 15 is 0 Å². The number of esters is 1. The molecule has 2 heterocycles. The molecule has 2 aliphatic rings. The first-order valence-electron chi connectivity index (χ1n) is 8.47. The highest BCUT2D eigenvalue weighted by Crippen LogP contribution is 2.34. The van der Waals surface area contributed by atoms with Crippen LogP contribution in [0, 0.1) is 0 Å². The average molecular weight is 361 g/mol. The number of piperazine rings is 1. The molecule has 2 aliphatic heterocycles. The van der Waals surface area contributed by atoms with Crippen LogP contribution in [0.5, 0.6) is 0 Å². The van der Waals surface area contributed by atoms with Gasteiger partial charge in [0, 0.05) is 13.1 Å². The maximum Gasteiger partial charge on any atom is 0.410 e. The summed E-state index contributed by atoms with van der Waals surface area (Å²) in [5.41, 5.74) is 1.18. The number of anilines is 2. The van der Waals surface area contributed by atoms with Gasteiger partial charge >= 0.3 is 12.1 Å². The van der Waals surface area contributed by atoms with E-state index in [1.807, 2.05) is 25.7 Å². The van der Waals surface area contributed by atoms with Crippen molar-refractivity contribution in [3.63, 3.8) is 0 Å². The molecule has 8 heteroatoms. The molecule has 1 aromatic carbocycles. The molecule has 1 aromatic rings. The minimum absolute atomic E-state index is 0.215. The minimum Gasteiger partial charge on any atom is -0.465 e. The second-order valence-corrected chi connectivity index (χ2v) is 7.35. The number of carbonyl (C=O) groups excluding carboxylic acids is 3. The summed E-state index contributed by atoms with van der Waals surface area (Å²) < 4.78 is 10.1. The van der Waals surface area contributed by atoms with E-state index in [1.165, 1.54) is 7.11 Å². The molecule has 1 N–H and O–H groups in total. The van der Waals surface area contributed by atoms with Crippen LogP contribution in [-0.2, 0) is 14.3 Å². The summed E-state index contributed by atoms with van der Waals surface area (Å²) in [5.74, 6) is -0.674. The number of benzene rings is 1. The first kappa shape index (κ1) is 18.0. The van der Waals surface area contributed by atoms with Gasteiger partial charge in [0.05, 0.1) is 30.6 Å². The molecular weight excluding hydrogens is 338 g/mol. The van der Waals surface area contributed by atoms with Gasteiger partial charge in [-0.15, -0.1) is 0 Å². The number of nitrogens with zero attached hydrogens (tertiary/aromatic N) is 2. The van der Waals surface area contributed by atoms with E-state index < -0.39 is 23.7 Å². The number of fused-ring (bicyclic) bond motifs is 3. The van der Waals surface area contributed by atoms with Crippen LogP contribution in [0.25, 0.3) is 0 Å². The van der Waals surface area contributed by atoms with Crippen LogP contribution >= 0.6 is 0 Å². The Morgan fingerprint density at radius 2 is 1.96 bits per heavy atom. The second kappa shape index (κ2) is 6.51. The van der Waals surface area contributed by atoms with Gasteiger partial charge < -0.3 is 24.6 Å². The number of carbonyl (C=O) groups is 3. The Labute approximate surface area is 152 Å². The van der Waals surface area contributed by atoms with Gasteiger partial charge in [0.1, 0.15) is 11.6 Å². The number of methoxy groups -OCH3 is 1. The Morgan fingerprint density at radius 1 is 1.23 bits per heavy atom. The van der Waals surface area contributed by atoms with Gasteiger partial charge in [0.2, 0.25) is 5.91 Å². The summed E-state index contributed by atoms with van der Waals surface area (Å²) in [4.78, 5) is 40.0. The highest BCUT2D eigenvalue weighted by Gasteiger charge is 2.39. The summed E-state index contributed by atoms with van der Waals surface area (Å²) in [7, 11) is 1.31. The van der Waals surface area contributed by atoms with E-state index in [0.717, 1.165) is 5.69 Å². The van der Waals surface area contributed by atoms with Crippen LogP contribution < -0.4 is 10.2 Å².